The second kappa shape index (κ2) is 10.4. The second-order valence-electron chi connectivity index (χ2n) is 6.63. The summed E-state index contributed by atoms with van der Waals surface area (Å²) in [5.74, 6) is -0.187. The van der Waals surface area contributed by atoms with E-state index < -0.39 is 0 Å². The zero-order valence-corrected chi connectivity index (χ0v) is 17.7. The third-order valence-corrected chi connectivity index (χ3v) is 5.91. The van der Waals surface area contributed by atoms with Crippen molar-refractivity contribution in [2.45, 2.75) is 39.5 Å². The molecule has 29 heavy (non-hydrogen) atoms. The molecular weight excluding hydrogens is 390 g/mol. The van der Waals surface area contributed by atoms with Gasteiger partial charge < -0.3 is 19.5 Å². The van der Waals surface area contributed by atoms with Crippen LogP contribution in [-0.4, -0.2) is 38.3 Å². The van der Waals surface area contributed by atoms with E-state index in [1.165, 1.54) is 11.3 Å². The van der Waals surface area contributed by atoms with Crippen molar-refractivity contribution in [1.82, 2.24) is 0 Å². The molecule has 0 spiro atoms. The molecule has 1 aromatic carbocycles. The highest BCUT2D eigenvalue weighted by molar-refractivity contribution is 7.17. The summed E-state index contributed by atoms with van der Waals surface area (Å²) in [5, 5.41) is 3.49. The number of hydrogen-bond acceptors (Lipinski definition) is 6. The molecule has 1 heterocycles. The predicted octanol–water partition coefficient (Wildman–Crippen LogP) is 4.47. The van der Waals surface area contributed by atoms with Crippen LogP contribution in [0.4, 0.5) is 5.00 Å². The van der Waals surface area contributed by atoms with Gasteiger partial charge in [-0.2, -0.15) is 0 Å². The number of nitrogens with one attached hydrogen (secondary N) is 1. The summed E-state index contributed by atoms with van der Waals surface area (Å²) in [5.41, 5.74) is 1.95. The highest BCUT2D eigenvalue weighted by Crippen LogP contribution is 2.39. The number of amides is 1. The topological polar surface area (TPSA) is 73.9 Å². The van der Waals surface area contributed by atoms with E-state index in [-0.39, 0.29) is 11.9 Å². The van der Waals surface area contributed by atoms with E-state index in [1.54, 1.807) is 25.1 Å². The second-order valence-corrected chi connectivity index (χ2v) is 7.74. The van der Waals surface area contributed by atoms with Crippen molar-refractivity contribution in [2.24, 2.45) is 0 Å². The molecule has 6 nitrogen and oxygen atoms in total. The van der Waals surface area contributed by atoms with Crippen LogP contribution in [0.5, 0.6) is 5.75 Å². The van der Waals surface area contributed by atoms with Crippen molar-refractivity contribution in [3.8, 4) is 5.75 Å². The summed E-state index contributed by atoms with van der Waals surface area (Å²) in [7, 11) is 0. The normalized spacial score (nSPS) is 12.9. The van der Waals surface area contributed by atoms with E-state index in [0.717, 1.165) is 36.1 Å². The first-order chi connectivity index (χ1) is 14.2. The molecule has 0 bridgehead atoms. The molecule has 7 heteroatoms. The van der Waals surface area contributed by atoms with Gasteiger partial charge in [-0.3, -0.25) is 4.79 Å². The number of aryl methyl sites for hydroxylation is 1. The highest BCUT2D eigenvalue weighted by Gasteiger charge is 2.27. The molecule has 1 aromatic heterocycles. The number of thiophene rings is 1. The van der Waals surface area contributed by atoms with Crippen molar-refractivity contribution in [2.75, 3.05) is 31.7 Å². The van der Waals surface area contributed by atoms with E-state index in [0.29, 0.717) is 48.3 Å². The first-order valence-electron chi connectivity index (χ1n) is 10.1. The van der Waals surface area contributed by atoms with Crippen LogP contribution in [0.3, 0.4) is 0 Å². The van der Waals surface area contributed by atoms with Crippen molar-refractivity contribution < 1.29 is 23.8 Å². The maximum absolute atomic E-state index is 13.0. The Kier molecular flexibility index (Phi) is 7.66. The van der Waals surface area contributed by atoms with Gasteiger partial charge in [0, 0.05) is 11.5 Å². The van der Waals surface area contributed by atoms with Gasteiger partial charge in [0.05, 0.1) is 24.3 Å². The summed E-state index contributed by atoms with van der Waals surface area (Å²) in [6.07, 6.45) is 3.91. The number of benzene rings is 1. The minimum Gasteiger partial charge on any atom is -0.490 e. The first kappa shape index (κ1) is 21.3. The molecular formula is C22H27NO5S. The highest BCUT2D eigenvalue weighted by atomic mass is 32.1. The fourth-order valence-electron chi connectivity index (χ4n) is 3.38. The van der Waals surface area contributed by atoms with Gasteiger partial charge in [0.1, 0.15) is 17.4 Å². The molecule has 0 fully saturated rings. The Labute approximate surface area is 175 Å². The number of anilines is 1. The Morgan fingerprint density at radius 3 is 2.66 bits per heavy atom. The first-order valence-corrected chi connectivity index (χ1v) is 10.9. The number of esters is 1. The zero-order valence-electron chi connectivity index (χ0n) is 16.9. The molecule has 0 unspecified atom stereocenters. The lowest BCUT2D eigenvalue weighted by Crippen LogP contribution is -2.17. The van der Waals surface area contributed by atoms with Gasteiger partial charge in [0.2, 0.25) is 0 Å². The van der Waals surface area contributed by atoms with Gasteiger partial charge in [0.25, 0.3) is 5.91 Å². The maximum Gasteiger partial charge on any atom is 0.341 e. The smallest absolute Gasteiger partial charge is 0.341 e. The van der Waals surface area contributed by atoms with Crippen LogP contribution in [-0.2, 0) is 22.3 Å². The molecule has 2 aromatic rings. The van der Waals surface area contributed by atoms with Gasteiger partial charge in [-0.25, -0.2) is 4.79 Å². The number of carbonyl (C=O) groups excluding carboxylic acids is 2. The molecule has 0 radical (unpaired) electrons. The summed E-state index contributed by atoms with van der Waals surface area (Å²) in [6, 6.07) is 7.08. The van der Waals surface area contributed by atoms with Crippen LogP contribution >= 0.6 is 11.3 Å². The van der Waals surface area contributed by atoms with Crippen molar-refractivity contribution in [3.05, 3.63) is 45.8 Å². The Bertz CT molecular complexity index is 861. The fraction of sp³-hybridized carbons (Fsp3) is 0.455. The van der Waals surface area contributed by atoms with E-state index in [2.05, 4.69) is 5.32 Å². The zero-order chi connectivity index (χ0) is 20.6. The lowest BCUT2D eigenvalue weighted by Gasteiger charge is -2.13. The number of fused-ring (bicyclic) bond motifs is 1. The molecule has 1 N–H and O–H groups in total. The van der Waals surface area contributed by atoms with E-state index in [4.69, 9.17) is 14.2 Å². The third kappa shape index (κ3) is 5.16. The Morgan fingerprint density at radius 2 is 1.86 bits per heavy atom. The monoisotopic (exact) mass is 417 g/mol. The minimum atomic E-state index is -0.372. The number of ether oxygens (including phenoxy) is 3. The molecule has 1 amide bonds. The van der Waals surface area contributed by atoms with E-state index in [1.807, 2.05) is 13.0 Å². The fourth-order valence-corrected chi connectivity index (χ4v) is 4.65. The van der Waals surface area contributed by atoms with Crippen LogP contribution in [0.25, 0.3) is 0 Å². The quantitative estimate of drug-likeness (QED) is 0.481. The number of hydrogen-bond donors (Lipinski definition) is 1. The molecule has 156 valence electrons. The van der Waals surface area contributed by atoms with Gasteiger partial charge in [0.15, 0.2) is 0 Å². The summed E-state index contributed by atoms with van der Waals surface area (Å²) in [6.45, 7) is 5.43. The van der Waals surface area contributed by atoms with Crippen molar-refractivity contribution in [1.29, 1.82) is 0 Å². The van der Waals surface area contributed by atoms with E-state index in [9.17, 15) is 9.59 Å². The molecule has 3 rings (SSSR count). The van der Waals surface area contributed by atoms with Crippen molar-refractivity contribution >= 4 is 28.2 Å². The average molecular weight is 418 g/mol. The van der Waals surface area contributed by atoms with Crippen LogP contribution < -0.4 is 10.1 Å². The number of para-hydroxylation sites is 1. The van der Waals surface area contributed by atoms with Gasteiger partial charge in [-0.05, 0) is 57.2 Å². The Morgan fingerprint density at radius 1 is 1.07 bits per heavy atom. The standard InChI is InChI=1S/C22H27NO5S/c1-3-26-13-14-28-17-11-7-5-9-15(17)20(24)23-21-19(22(25)27-4-2)16-10-6-8-12-18(16)29-21/h5,7,9,11H,3-4,6,8,10,12-14H2,1-2H3,(H,23,24). The number of carbonyl (C=O) groups is 2. The Balaban J connectivity index is 1.82. The molecule has 0 aliphatic heterocycles. The summed E-state index contributed by atoms with van der Waals surface area (Å²) < 4.78 is 16.3. The molecule has 1 aliphatic rings. The maximum atomic E-state index is 13.0. The summed E-state index contributed by atoms with van der Waals surface area (Å²) in [4.78, 5) is 26.7. The SMILES string of the molecule is CCOCCOc1ccccc1C(=O)Nc1sc2c(c1C(=O)OCC)CCCC2. The van der Waals surface area contributed by atoms with Gasteiger partial charge >= 0.3 is 5.97 Å². The molecule has 0 atom stereocenters. The lowest BCUT2D eigenvalue weighted by atomic mass is 9.95. The molecule has 0 saturated heterocycles. The Hall–Kier alpha value is -2.38. The van der Waals surface area contributed by atoms with E-state index >= 15 is 0 Å². The van der Waals surface area contributed by atoms with Crippen LogP contribution in [0.1, 0.15) is 57.8 Å². The van der Waals surface area contributed by atoms with Crippen LogP contribution in [0, 0.1) is 0 Å². The van der Waals surface area contributed by atoms with Gasteiger partial charge in [-0.1, -0.05) is 12.1 Å². The average Bonchev–Trinajstić information content (AvgIpc) is 3.09. The molecule has 1 aliphatic carbocycles. The van der Waals surface area contributed by atoms with Crippen LogP contribution in [0.2, 0.25) is 0 Å². The predicted molar refractivity (Wildman–Crippen MR) is 113 cm³/mol. The van der Waals surface area contributed by atoms with Gasteiger partial charge in [-0.15, -0.1) is 11.3 Å². The van der Waals surface area contributed by atoms with Crippen molar-refractivity contribution in [3.63, 3.8) is 0 Å². The lowest BCUT2D eigenvalue weighted by molar-refractivity contribution is 0.0526. The largest absolute Gasteiger partial charge is 0.490 e. The molecule has 0 saturated carbocycles. The third-order valence-electron chi connectivity index (χ3n) is 4.70. The summed E-state index contributed by atoms with van der Waals surface area (Å²) >= 11 is 1.48. The van der Waals surface area contributed by atoms with Crippen LogP contribution in [0.15, 0.2) is 24.3 Å². The number of rotatable bonds is 9. The minimum absolute atomic E-state index is 0.299.